The fourth-order valence-electron chi connectivity index (χ4n) is 2.57. The first-order chi connectivity index (χ1) is 12.7. The van der Waals surface area contributed by atoms with Crippen LogP contribution in [0.25, 0.3) is 0 Å². The maximum Gasteiger partial charge on any atom is 0.338 e. The molecule has 0 aromatic heterocycles. The van der Waals surface area contributed by atoms with Crippen molar-refractivity contribution >= 4 is 21.9 Å². The number of nitrogens with one attached hydrogen (secondary N) is 1. The average molecular weight is 402 g/mol. The van der Waals surface area contributed by atoms with E-state index in [9.17, 15) is 22.4 Å². The van der Waals surface area contributed by atoms with Gasteiger partial charge in [0, 0.05) is 19.1 Å². The normalized spacial score (nSPS) is 12.7. The standard InChI is InChI=1S/C18H27FN2O5S/c1-5-8-13(4)20-17(22)12-26-18(23)14-9-10-15(19)16(11-14)27(24,25)21(6-2)7-3/h9-11,13H,5-8,12H2,1-4H3,(H,20,22). The topological polar surface area (TPSA) is 92.8 Å². The van der Waals surface area contributed by atoms with Crippen molar-refractivity contribution in [3.63, 3.8) is 0 Å². The minimum atomic E-state index is -4.07. The Bertz CT molecular complexity index is 763. The van der Waals surface area contributed by atoms with Gasteiger partial charge >= 0.3 is 5.97 Å². The Morgan fingerprint density at radius 3 is 2.41 bits per heavy atom. The second-order valence-electron chi connectivity index (χ2n) is 6.07. The van der Waals surface area contributed by atoms with Crippen molar-refractivity contribution in [1.29, 1.82) is 0 Å². The number of nitrogens with zero attached hydrogens (tertiary/aromatic N) is 1. The molecule has 0 aliphatic carbocycles. The van der Waals surface area contributed by atoms with Gasteiger partial charge < -0.3 is 10.1 Å². The van der Waals surface area contributed by atoms with E-state index in [-0.39, 0.29) is 24.7 Å². The van der Waals surface area contributed by atoms with Gasteiger partial charge in [-0.15, -0.1) is 0 Å². The van der Waals surface area contributed by atoms with Crippen molar-refractivity contribution in [2.24, 2.45) is 0 Å². The molecule has 1 amide bonds. The lowest BCUT2D eigenvalue weighted by Gasteiger charge is -2.19. The van der Waals surface area contributed by atoms with Crippen molar-refractivity contribution in [3.05, 3.63) is 29.6 Å². The molecule has 27 heavy (non-hydrogen) atoms. The second-order valence-corrected chi connectivity index (χ2v) is 7.97. The molecule has 0 radical (unpaired) electrons. The maximum absolute atomic E-state index is 14.1. The summed E-state index contributed by atoms with van der Waals surface area (Å²) in [5, 5.41) is 2.68. The zero-order chi connectivity index (χ0) is 20.6. The lowest BCUT2D eigenvalue weighted by Crippen LogP contribution is -2.35. The summed E-state index contributed by atoms with van der Waals surface area (Å²) in [5.41, 5.74) is -0.142. The molecular formula is C18H27FN2O5S. The number of amides is 1. The van der Waals surface area contributed by atoms with E-state index in [2.05, 4.69) is 5.32 Å². The number of hydrogen-bond acceptors (Lipinski definition) is 5. The van der Waals surface area contributed by atoms with Gasteiger partial charge in [0.15, 0.2) is 6.61 Å². The third-order valence-corrected chi connectivity index (χ3v) is 6.02. The van der Waals surface area contributed by atoms with Crippen molar-refractivity contribution in [2.75, 3.05) is 19.7 Å². The highest BCUT2D eigenvalue weighted by molar-refractivity contribution is 7.89. The fraction of sp³-hybridized carbons (Fsp3) is 0.556. The second kappa shape index (κ2) is 10.4. The van der Waals surface area contributed by atoms with Crippen LogP contribution in [0.1, 0.15) is 50.9 Å². The molecule has 0 saturated carbocycles. The van der Waals surface area contributed by atoms with Gasteiger partial charge in [0.1, 0.15) is 10.7 Å². The molecule has 0 spiro atoms. The van der Waals surface area contributed by atoms with Crippen LogP contribution in [0.3, 0.4) is 0 Å². The molecule has 0 aliphatic rings. The van der Waals surface area contributed by atoms with E-state index in [0.29, 0.717) is 0 Å². The van der Waals surface area contributed by atoms with Crippen LogP contribution in [-0.2, 0) is 19.6 Å². The average Bonchev–Trinajstić information content (AvgIpc) is 2.60. The number of halogens is 1. The number of carbonyl (C=O) groups excluding carboxylic acids is 2. The summed E-state index contributed by atoms with van der Waals surface area (Å²) in [6.07, 6.45) is 1.70. The third kappa shape index (κ3) is 6.28. The molecule has 0 heterocycles. The first-order valence-electron chi connectivity index (χ1n) is 8.93. The molecule has 0 bridgehead atoms. The SMILES string of the molecule is CCCC(C)NC(=O)COC(=O)c1ccc(F)c(S(=O)(=O)N(CC)CC)c1. The van der Waals surface area contributed by atoms with E-state index >= 15 is 0 Å². The van der Waals surface area contributed by atoms with E-state index in [1.807, 2.05) is 13.8 Å². The summed E-state index contributed by atoms with van der Waals surface area (Å²) >= 11 is 0. The summed E-state index contributed by atoms with van der Waals surface area (Å²) < 4.78 is 45.1. The molecule has 7 nitrogen and oxygen atoms in total. The predicted molar refractivity (Wildman–Crippen MR) is 99.3 cm³/mol. The van der Waals surface area contributed by atoms with Crippen molar-refractivity contribution in [2.45, 2.75) is 51.5 Å². The highest BCUT2D eigenvalue weighted by Crippen LogP contribution is 2.21. The highest BCUT2D eigenvalue weighted by Gasteiger charge is 2.26. The van der Waals surface area contributed by atoms with Gasteiger partial charge in [0.2, 0.25) is 10.0 Å². The predicted octanol–water partition coefficient (Wildman–Crippen LogP) is 2.32. The van der Waals surface area contributed by atoms with Crippen LogP contribution in [0.2, 0.25) is 0 Å². The van der Waals surface area contributed by atoms with Gasteiger partial charge in [0.25, 0.3) is 5.91 Å². The van der Waals surface area contributed by atoms with Crippen LogP contribution >= 0.6 is 0 Å². The van der Waals surface area contributed by atoms with E-state index < -0.39 is 39.2 Å². The monoisotopic (exact) mass is 402 g/mol. The van der Waals surface area contributed by atoms with E-state index in [1.54, 1.807) is 13.8 Å². The quantitative estimate of drug-likeness (QED) is 0.606. The third-order valence-electron chi connectivity index (χ3n) is 3.95. The van der Waals surface area contributed by atoms with Crippen molar-refractivity contribution in [1.82, 2.24) is 9.62 Å². The highest BCUT2D eigenvalue weighted by atomic mass is 32.2. The van der Waals surface area contributed by atoms with Gasteiger partial charge in [-0.2, -0.15) is 4.31 Å². The molecule has 1 rings (SSSR count). The van der Waals surface area contributed by atoms with Crippen LogP contribution in [0.15, 0.2) is 23.1 Å². The van der Waals surface area contributed by atoms with E-state index in [1.165, 1.54) is 0 Å². The molecule has 1 aromatic carbocycles. The van der Waals surface area contributed by atoms with E-state index in [4.69, 9.17) is 4.74 Å². The Morgan fingerprint density at radius 2 is 1.85 bits per heavy atom. The Morgan fingerprint density at radius 1 is 1.22 bits per heavy atom. The van der Waals surface area contributed by atoms with Gasteiger partial charge in [-0.1, -0.05) is 27.2 Å². The largest absolute Gasteiger partial charge is 0.452 e. The molecule has 0 aliphatic heterocycles. The number of esters is 1. The Labute approximate surface area is 159 Å². The van der Waals surface area contributed by atoms with Gasteiger partial charge in [-0.25, -0.2) is 17.6 Å². The lowest BCUT2D eigenvalue weighted by atomic mass is 10.2. The summed E-state index contributed by atoms with van der Waals surface area (Å²) in [4.78, 5) is 23.3. The Kier molecular flexibility index (Phi) is 8.84. The molecule has 1 aromatic rings. The van der Waals surface area contributed by atoms with Gasteiger partial charge in [-0.05, 0) is 31.5 Å². The van der Waals surface area contributed by atoms with Crippen LogP contribution in [0, 0.1) is 5.82 Å². The number of sulfonamides is 1. The molecule has 152 valence electrons. The Balaban J connectivity index is 2.90. The van der Waals surface area contributed by atoms with Crippen LogP contribution in [-0.4, -0.2) is 50.3 Å². The van der Waals surface area contributed by atoms with Crippen LogP contribution in [0.4, 0.5) is 4.39 Å². The number of rotatable bonds is 10. The molecular weight excluding hydrogens is 375 g/mol. The number of ether oxygens (including phenoxy) is 1. The van der Waals surface area contributed by atoms with Gasteiger partial charge in [0.05, 0.1) is 5.56 Å². The zero-order valence-corrected chi connectivity index (χ0v) is 16.9. The number of benzene rings is 1. The maximum atomic E-state index is 14.1. The Hall–Kier alpha value is -2.00. The summed E-state index contributed by atoms with van der Waals surface area (Å²) in [7, 11) is -4.07. The first-order valence-corrected chi connectivity index (χ1v) is 10.4. The minimum Gasteiger partial charge on any atom is -0.452 e. The smallest absolute Gasteiger partial charge is 0.338 e. The zero-order valence-electron chi connectivity index (χ0n) is 16.1. The molecule has 0 saturated heterocycles. The van der Waals surface area contributed by atoms with Crippen molar-refractivity contribution < 1.29 is 27.1 Å². The van der Waals surface area contributed by atoms with E-state index in [0.717, 1.165) is 35.3 Å². The number of carbonyl (C=O) groups is 2. The molecule has 1 unspecified atom stereocenters. The fourth-order valence-corrected chi connectivity index (χ4v) is 4.12. The number of hydrogen-bond donors (Lipinski definition) is 1. The van der Waals surface area contributed by atoms with Crippen LogP contribution < -0.4 is 5.32 Å². The summed E-state index contributed by atoms with van der Waals surface area (Å²) in [6.45, 7) is 6.94. The molecule has 1 N–H and O–H groups in total. The van der Waals surface area contributed by atoms with Gasteiger partial charge in [-0.3, -0.25) is 4.79 Å². The summed E-state index contributed by atoms with van der Waals surface area (Å²) in [6, 6.07) is 2.91. The first kappa shape index (κ1) is 23.0. The van der Waals surface area contributed by atoms with Crippen molar-refractivity contribution in [3.8, 4) is 0 Å². The molecule has 1 atom stereocenters. The lowest BCUT2D eigenvalue weighted by molar-refractivity contribution is -0.124. The summed E-state index contributed by atoms with van der Waals surface area (Å²) in [5.74, 6) is -2.31. The van der Waals surface area contributed by atoms with Crippen LogP contribution in [0.5, 0.6) is 0 Å². The molecule has 0 fully saturated rings. The molecule has 9 heteroatoms. The minimum absolute atomic E-state index is 0.0437.